The molecule has 2 unspecified atom stereocenters. The van der Waals surface area contributed by atoms with Crippen LogP contribution in [0.2, 0.25) is 0 Å². The predicted octanol–water partition coefficient (Wildman–Crippen LogP) is 2.14. The first-order valence-electron chi connectivity index (χ1n) is 7.79. The molecular formula is C17H28N2O. The lowest BCUT2D eigenvalue weighted by molar-refractivity contribution is 0.125. The Morgan fingerprint density at radius 2 is 2.00 bits per heavy atom. The molecule has 0 aliphatic heterocycles. The monoisotopic (exact) mass is 276 g/mol. The molecule has 112 valence electrons. The normalized spacial score (nSPS) is 17.2. The Morgan fingerprint density at radius 3 is 2.70 bits per heavy atom. The van der Waals surface area contributed by atoms with E-state index in [1.54, 1.807) is 0 Å². The molecule has 0 amide bonds. The summed E-state index contributed by atoms with van der Waals surface area (Å²) >= 11 is 0. The van der Waals surface area contributed by atoms with E-state index in [0.717, 1.165) is 25.1 Å². The number of aliphatic hydroxyl groups is 1. The van der Waals surface area contributed by atoms with Crippen LogP contribution < -0.4 is 5.32 Å². The number of aliphatic hydroxyl groups excluding tert-OH is 1. The van der Waals surface area contributed by atoms with Crippen molar-refractivity contribution in [3.8, 4) is 0 Å². The molecule has 3 heteroatoms. The Bertz CT molecular complexity index is 431. The highest BCUT2D eigenvalue weighted by Crippen LogP contribution is 2.27. The second-order valence-corrected chi connectivity index (χ2v) is 6.10. The lowest BCUT2D eigenvalue weighted by Gasteiger charge is -2.24. The molecule has 0 radical (unpaired) electrons. The SMILES string of the molecule is CCC(NCCN(C)C)C(O)c1ccc2c(c1)CCC2. The fourth-order valence-corrected chi connectivity index (χ4v) is 2.96. The van der Waals surface area contributed by atoms with Crippen molar-refractivity contribution in [2.24, 2.45) is 0 Å². The zero-order valence-corrected chi connectivity index (χ0v) is 13.0. The van der Waals surface area contributed by atoms with Crippen LogP contribution in [0.4, 0.5) is 0 Å². The van der Waals surface area contributed by atoms with Crippen LogP contribution in [0, 0.1) is 0 Å². The van der Waals surface area contributed by atoms with E-state index in [9.17, 15) is 5.11 Å². The third kappa shape index (κ3) is 3.81. The molecule has 0 saturated carbocycles. The average molecular weight is 276 g/mol. The Balaban J connectivity index is 1.98. The molecule has 0 fully saturated rings. The molecule has 2 atom stereocenters. The summed E-state index contributed by atoms with van der Waals surface area (Å²) in [5, 5.41) is 14.1. The molecule has 20 heavy (non-hydrogen) atoms. The maximum Gasteiger partial charge on any atom is 0.0942 e. The standard InChI is InChI=1S/C17H28N2O/c1-4-16(18-10-11-19(2)3)17(20)15-9-8-13-6-5-7-14(13)12-15/h8-9,12,16-18,20H,4-7,10-11H2,1-3H3. The number of hydrogen-bond acceptors (Lipinski definition) is 3. The molecule has 2 rings (SSSR count). The fraction of sp³-hybridized carbons (Fsp3) is 0.647. The van der Waals surface area contributed by atoms with Crippen molar-refractivity contribution in [1.29, 1.82) is 0 Å². The van der Waals surface area contributed by atoms with Gasteiger partial charge in [-0.05, 0) is 56.5 Å². The smallest absolute Gasteiger partial charge is 0.0942 e. The number of aryl methyl sites for hydroxylation is 2. The summed E-state index contributed by atoms with van der Waals surface area (Å²) in [6.45, 7) is 4.03. The van der Waals surface area contributed by atoms with Gasteiger partial charge in [0.1, 0.15) is 0 Å². The van der Waals surface area contributed by atoms with Crippen molar-refractivity contribution in [3.05, 3.63) is 34.9 Å². The van der Waals surface area contributed by atoms with E-state index in [1.807, 2.05) is 0 Å². The lowest BCUT2D eigenvalue weighted by Crippen LogP contribution is -2.38. The van der Waals surface area contributed by atoms with Crippen LogP contribution in [0.1, 0.15) is 42.6 Å². The molecule has 1 aromatic rings. The first-order chi connectivity index (χ1) is 9.61. The van der Waals surface area contributed by atoms with Gasteiger partial charge in [0, 0.05) is 19.1 Å². The Hall–Kier alpha value is -0.900. The lowest BCUT2D eigenvalue weighted by atomic mass is 9.97. The third-order valence-electron chi connectivity index (χ3n) is 4.25. The highest BCUT2D eigenvalue weighted by Gasteiger charge is 2.20. The van der Waals surface area contributed by atoms with Gasteiger partial charge in [-0.3, -0.25) is 0 Å². The number of nitrogens with one attached hydrogen (secondary N) is 1. The number of hydrogen-bond donors (Lipinski definition) is 2. The van der Waals surface area contributed by atoms with Crippen molar-refractivity contribution in [2.45, 2.75) is 44.8 Å². The maximum absolute atomic E-state index is 10.6. The second-order valence-electron chi connectivity index (χ2n) is 6.10. The van der Waals surface area contributed by atoms with Crippen LogP contribution in [0.5, 0.6) is 0 Å². The maximum atomic E-state index is 10.6. The molecule has 1 aromatic carbocycles. The van der Waals surface area contributed by atoms with E-state index in [0.29, 0.717) is 0 Å². The van der Waals surface area contributed by atoms with Crippen LogP contribution in [0.3, 0.4) is 0 Å². The first-order valence-corrected chi connectivity index (χ1v) is 7.79. The van der Waals surface area contributed by atoms with Gasteiger partial charge in [-0.15, -0.1) is 0 Å². The van der Waals surface area contributed by atoms with Gasteiger partial charge in [-0.1, -0.05) is 25.1 Å². The topological polar surface area (TPSA) is 35.5 Å². The van der Waals surface area contributed by atoms with Crippen LogP contribution in [0.15, 0.2) is 18.2 Å². The molecule has 0 heterocycles. The largest absolute Gasteiger partial charge is 0.387 e. The molecule has 1 aliphatic rings. The first kappa shape index (κ1) is 15.5. The summed E-state index contributed by atoms with van der Waals surface area (Å²) in [7, 11) is 4.14. The number of nitrogens with zero attached hydrogens (tertiary/aromatic N) is 1. The van der Waals surface area contributed by atoms with Crippen molar-refractivity contribution in [2.75, 3.05) is 27.2 Å². The highest BCUT2D eigenvalue weighted by molar-refractivity contribution is 5.36. The van der Waals surface area contributed by atoms with Crippen molar-refractivity contribution in [1.82, 2.24) is 10.2 Å². The van der Waals surface area contributed by atoms with E-state index < -0.39 is 6.10 Å². The molecule has 0 bridgehead atoms. The molecule has 3 nitrogen and oxygen atoms in total. The summed E-state index contributed by atoms with van der Waals surface area (Å²) < 4.78 is 0. The summed E-state index contributed by atoms with van der Waals surface area (Å²) in [6.07, 6.45) is 4.15. The van der Waals surface area contributed by atoms with E-state index >= 15 is 0 Å². The second kappa shape index (κ2) is 7.21. The van der Waals surface area contributed by atoms with Crippen LogP contribution >= 0.6 is 0 Å². The van der Waals surface area contributed by atoms with E-state index in [1.165, 1.54) is 30.4 Å². The van der Waals surface area contributed by atoms with E-state index in [-0.39, 0.29) is 6.04 Å². The summed E-state index contributed by atoms with van der Waals surface area (Å²) in [5.74, 6) is 0. The fourth-order valence-electron chi connectivity index (χ4n) is 2.96. The Morgan fingerprint density at radius 1 is 1.25 bits per heavy atom. The van der Waals surface area contributed by atoms with Crippen molar-refractivity contribution < 1.29 is 5.11 Å². The van der Waals surface area contributed by atoms with Gasteiger partial charge in [-0.2, -0.15) is 0 Å². The van der Waals surface area contributed by atoms with Crippen LogP contribution in [0.25, 0.3) is 0 Å². The number of fused-ring (bicyclic) bond motifs is 1. The summed E-state index contributed by atoms with van der Waals surface area (Å²) in [6, 6.07) is 6.65. The van der Waals surface area contributed by atoms with Gasteiger partial charge in [0.15, 0.2) is 0 Å². The van der Waals surface area contributed by atoms with Gasteiger partial charge in [-0.25, -0.2) is 0 Å². The number of rotatable bonds is 7. The molecule has 0 spiro atoms. The number of benzene rings is 1. The molecule has 1 aliphatic carbocycles. The minimum absolute atomic E-state index is 0.134. The van der Waals surface area contributed by atoms with Crippen LogP contribution in [-0.4, -0.2) is 43.2 Å². The minimum atomic E-state index is -0.409. The number of likely N-dealkylation sites (N-methyl/N-ethyl adjacent to an activating group) is 1. The minimum Gasteiger partial charge on any atom is -0.387 e. The Kier molecular flexibility index (Phi) is 5.58. The van der Waals surface area contributed by atoms with Gasteiger partial charge in [0.25, 0.3) is 0 Å². The summed E-state index contributed by atoms with van der Waals surface area (Å²) in [4.78, 5) is 2.15. The predicted molar refractivity (Wildman–Crippen MR) is 84.1 cm³/mol. The zero-order chi connectivity index (χ0) is 14.5. The van der Waals surface area contributed by atoms with Gasteiger partial charge < -0.3 is 15.3 Å². The third-order valence-corrected chi connectivity index (χ3v) is 4.25. The molecule has 2 N–H and O–H groups in total. The van der Waals surface area contributed by atoms with Crippen LogP contribution in [-0.2, 0) is 12.8 Å². The van der Waals surface area contributed by atoms with E-state index in [4.69, 9.17) is 0 Å². The molecule has 0 saturated heterocycles. The van der Waals surface area contributed by atoms with Gasteiger partial charge >= 0.3 is 0 Å². The Labute approximate surface area is 123 Å². The van der Waals surface area contributed by atoms with Gasteiger partial charge in [0.05, 0.1) is 6.10 Å². The highest BCUT2D eigenvalue weighted by atomic mass is 16.3. The molecular weight excluding hydrogens is 248 g/mol. The van der Waals surface area contributed by atoms with Crippen molar-refractivity contribution >= 4 is 0 Å². The van der Waals surface area contributed by atoms with E-state index in [2.05, 4.69) is 49.4 Å². The average Bonchev–Trinajstić information content (AvgIpc) is 2.90. The quantitative estimate of drug-likeness (QED) is 0.801. The van der Waals surface area contributed by atoms with Gasteiger partial charge in [0.2, 0.25) is 0 Å². The zero-order valence-electron chi connectivity index (χ0n) is 13.0. The summed E-state index contributed by atoms with van der Waals surface area (Å²) in [5.41, 5.74) is 3.97. The van der Waals surface area contributed by atoms with Crippen molar-refractivity contribution in [3.63, 3.8) is 0 Å². The molecule has 0 aromatic heterocycles.